The molecule has 2 aliphatic heterocycles. The number of aliphatic carboxylic acids is 1. The SMILES string of the molecule is Nc1nc2ncc(CNc3ccc(C(=O)N[C@@H](CCC(=O)N4CC5SCS[C@@H]5C4)C(=O)O)cc3)nc2c(=O)[nH]1. The minimum absolute atomic E-state index is 0.0173. The molecule has 4 heterocycles. The second kappa shape index (κ2) is 11.5. The first-order valence-corrected chi connectivity index (χ1v) is 14.3. The van der Waals surface area contributed by atoms with Crippen LogP contribution in [0.3, 0.4) is 0 Å². The molecule has 0 saturated carbocycles. The zero-order chi connectivity index (χ0) is 27.5. The third-order valence-corrected chi connectivity index (χ3v) is 9.56. The lowest BCUT2D eigenvalue weighted by molar-refractivity contribution is -0.139. The summed E-state index contributed by atoms with van der Waals surface area (Å²) < 4.78 is 0. The molecule has 2 amide bonds. The molecule has 3 aromatic rings. The Labute approximate surface area is 230 Å². The number of carbonyl (C=O) groups is 3. The van der Waals surface area contributed by atoms with E-state index in [1.807, 2.05) is 23.5 Å². The molecule has 13 nitrogen and oxygen atoms in total. The van der Waals surface area contributed by atoms with Gasteiger partial charge in [0, 0.05) is 46.3 Å². The Kier molecular flexibility index (Phi) is 7.88. The number of amides is 2. The Morgan fingerprint density at radius 3 is 2.56 bits per heavy atom. The Morgan fingerprint density at radius 2 is 1.87 bits per heavy atom. The van der Waals surface area contributed by atoms with Crippen molar-refractivity contribution in [2.45, 2.75) is 35.9 Å². The first kappa shape index (κ1) is 26.7. The van der Waals surface area contributed by atoms with Gasteiger partial charge in [-0.1, -0.05) is 0 Å². The number of fused-ring (bicyclic) bond motifs is 2. The number of rotatable bonds is 9. The molecule has 1 unspecified atom stereocenters. The summed E-state index contributed by atoms with van der Waals surface area (Å²) in [5.41, 5.74) is 6.70. The molecule has 3 atom stereocenters. The lowest BCUT2D eigenvalue weighted by Gasteiger charge is -2.19. The lowest BCUT2D eigenvalue weighted by atomic mass is 10.1. The van der Waals surface area contributed by atoms with E-state index in [9.17, 15) is 24.3 Å². The molecule has 15 heteroatoms. The van der Waals surface area contributed by atoms with Crippen molar-refractivity contribution in [3.63, 3.8) is 0 Å². The van der Waals surface area contributed by atoms with Gasteiger partial charge >= 0.3 is 5.97 Å². The van der Waals surface area contributed by atoms with E-state index in [0.717, 1.165) is 5.08 Å². The van der Waals surface area contributed by atoms with Crippen LogP contribution < -0.4 is 21.9 Å². The van der Waals surface area contributed by atoms with Crippen LogP contribution in [0.2, 0.25) is 0 Å². The minimum Gasteiger partial charge on any atom is -0.480 e. The van der Waals surface area contributed by atoms with Gasteiger partial charge in [-0.3, -0.25) is 19.4 Å². The highest BCUT2D eigenvalue weighted by Gasteiger charge is 2.39. The number of aromatic nitrogens is 4. The number of carboxylic acid groups (broad SMARTS) is 1. The molecule has 5 rings (SSSR count). The molecular weight excluding hydrogens is 544 g/mol. The quantitative estimate of drug-likeness (QED) is 0.244. The predicted molar refractivity (Wildman–Crippen MR) is 148 cm³/mol. The monoisotopic (exact) mass is 570 g/mol. The van der Waals surface area contributed by atoms with E-state index < -0.39 is 23.5 Å². The van der Waals surface area contributed by atoms with Crippen LogP contribution >= 0.6 is 23.5 Å². The van der Waals surface area contributed by atoms with Gasteiger partial charge in [0.05, 0.1) is 18.4 Å². The third-order valence-electron chi connectivity index (χ3n) is 6.49. The Hall–Kier alpha value is -3.85. The average molecular weight is 571 g/mol. The molecule has 0 bridgehead atoms. The summed E-state index contributed by atoms with van der Waals surface area (Å²) in [7, 11) is 0. The molecule has 2 fully saturated rings. The maximum Gasteiger partial charge on any atom is 0.326 e. The average Bonchev–Trinajstić information content (AvgIpc) is 3.53. The molecule has 6 N–H and O–H groups in total. The largest absolute Gasteiger partial charge is 0.480 e. The molecule has 2 saturated heterocycles. The number of hydrogen-bond acceptors (Lipinski definition) is 11. The van der Waals surface area contributed by atoms with Crippen molar-refractivity contribution in [3.8, 4) is 0 Å². The number of nitrogens with zero attached hydrogens (tertiary/aromatic N) is 4. The highest BCUT2D eigenvalue weighted by molar-refractivity contribution is 8.19. The van der Waals surface area contributed by atoms with Gasteiger partial charge in [-0.05, 0) is 30.7 Å². The molecule has 2 aliphatic rings. The van der Waals surface area contributed by atoms with Crippen LogP contribution in [0.25, 0.3) is 11.2 Å². The summed E-state index contributed by atoms with van der Waals surface area (Å²) in [6.45, 7) is 1.65. The van der Waals surface area contributed by atoms with Crippen molar-refractivity contribution < 1.29 is 19.5 Å². The van der Waals surface area contributed by atoms with Crippen molar-refractivity contribution in [1.29, 1.82) is 0 Å². The molecule has 2 aromatic heterocycles. The summed E-state index contributed by atoms with van der Waals surface area (Å²) in [6, 6.07) is 5.27. The van der Waals surface area contributed by atoms with Crippen molar-refractivity contribution in [1.82, 2.24) is 30.2 Å². The lowest BCUT2D eigenvalue weighted by Crippen LogP contribution is -2.42. The highest BCUT2D eigenvalue weighted by Crippen LogP contribution is 2.41. The Balaban J connectivity index is 1.13. The zero-order valence-electron chi connectivity index (χ0n) is 20.6. The van der Waals surface area contributed by atoms with Gasteiger partial charge in [0.15, 0.2) is 11.2 Å². The highest BCUT2D eigenvalue weighted by atomic mass is 32.2. The van der Waals surface area contributed by atoms with Crippen LogP contribution in [-0.2, 0) is 16.1 Å². The van der Waals surface area contributed by atoms with Gasteiger partial charge in [0.25, 0.3) is 11.5 Å². The fraction of sp³-hybridized carbons (Fsp3) is 0.375. The molecule has 204 valence electrons. The zero-order valence-corrected chi connectivity index (χ0v) is 22.3. The number of anilines is 2. The fourth-order valence-electron chi connectivity index (χ4n) is 4.39. The van der Waals surface area contributed by atoms with Crippen molar-refractivity contribution >= 4 is 64.1 Å². The molecule has 0 spiro atoms. The molecule has 39 heavy (non-hydrogen) atoms. The van der Waals surface area contributed by atoms with E-state index >= 15 is 0 Å². The Morgan fingerprint density at radius 1 is 1.15 bits per heavy atom. The molecular formula is C24H26N8O5S2. The molecule has 1 aromatic carbocycles. The number of carboxylic acids is 1. The van der Waals surface area contributed by atoms with Crippen molar-refractivity contribution in [2.24, 2.45) is 0 Å². The minimum atomic E-state index is -1.19. The van der Waals surface area contributed by atoms with Gasteiger partial charge in [0.1, 0.15) is 6.04 Å². The van der Waals surface area contributed by atoms with E-state index in [4.69, 9.17) is 5.73 Å². The van der Waals surface area contributed by atoms with E-state index in [2.05, 4.69) is 30.6 Å². The third kappa shape index (κ3) is 6.25. The van der Waals surface area contributed by atoms with Crippen molar-refractivity contribution in [2.75, 3.05) is 29.2 Å². The summed E-state index contributed by atoms with van der Waals surface area (Å²) in [4.78, 5) is 65.6. The number of benzene rings is 1. The number of carbonyl (C=O) groups excluding carboxylic acids is 2. The van der Waals surface area contributed by atoms with Crippen LogP contribution in [0.4, 0.5) is 11.6 Å². The smallest absolute Gasteiger partial charge is 0.326 e. The Bertz CT molecular complexity index is 1460. The normalized spacial score (nSPS) is 19.0. The summed E-state index contributed by atoms with van der Waals surface area (Å²) in [5, 5.41) is 17.2. The topological polar surface area (TPSA) is 196 Å². The number of aromatic amines is 1. The van der Waals surface area contributed by atoms with E-state index in [-0.39, 0.29) is 48.0 Å². The summed E-state index contributed by atoms with van der Waals surface area (Å²) in [6.07, 6.45) is 1.55. The number of nitrogens with two attached hydrogens (primary N) is 1. The van der Waals surface area contributed by atoms with Gasteiger partial charge in [0.2, 0.25) is 11.9 Å². The predicted octanol–water partition coefficient (Wildman–Crippen LogP) is 0.888. The van der Waals surface area contributed by atoms with E-state index in [0.29, 0.717) is 35.0 Å². The van der Waals surface area contributed by atoms with Gasteiger partial charge in [-0.25, -0.2) is 14.8 Å². The number of H-pyrrole nitrogens is 1. The second-order valence-electron chi connectivity index (χ2n) is 9.15. The van der Waals surface area contributed by atoms with Crippen LogP contribution in [0.15, 0.2) is 35.3 Å². The number of thioether (sulfide) groups is 2. The standard InChI is InChI=1S/C24H26N8O5S2/c25-24-30-20-19(22(35)31-24)28-14(8-27-20)7-26-13-3-1-12(2-4-13)21(34)29-15(23(36)37)5-6-18(33)32-9-16-17(10-32)39-11-38-16/h1-4,8,15-17,26H,5-7,9-11H2,(H,29,34)(H,36,37)(H3,25,27,30,31,35)/t15-,16+,17?/m0/s1. The molecule has 0 aliphatic carbocycles. The summed E-state index contributed by atoms with van der Waals surface area (Å²) in [5.74, 6) is -1.85. The number of hydrogen-bond donors (Lipinski definition) is 5. The van der Waals surface area contributed by atoms with Crippen LogP contribution in [-0.4, -0.2) is 82.4 Å². The van der Waals surface area contributed by atoms with Gasteiger partial charge < -0.3 is 26.4 Å². The number of likely N-dealkylation sites (tertiary alicyclic amines) is 1. The number of nitrogens with one attached hydrogen (secondary N) is 3. The van der Waals surface area contributed by atoms with Crippen molar-refractivity contribution in [3.05, 3.63) is 52.1 Å². The van der Waals surface area contributed by atoms with E-state index in [1.165, 1.54) is 6.20 Å². The summed E-state index contributed by atoms with van der Waals surface area (Å²) >= 11 is 3.72. The molecule has 0 radical (unpaired) electrons. The van der Waals surface area contributed by atoms with Gasteiger partial charge in [-0.2, -0.15) is 4.98 Å². The number of nitrogen functional groups attached to an aromatic ring is 1. The first-order valence-electron chi connectivity index (χ1n) is 12.2. The van der Waals surface area contributed by atoms with Gasteiger partial charge in [-0.15, -0.1) is 23.5 Å². The second-order valence-corrected chi connectivity index (χ2v) is 12.0. The maximum atomic E-state index is 12.7. The van der Waals surface area contributed by atoms with Crippen LogP contribution in [0, 0.1) is 0 Å². The first-order chi connectivity index (χ1) is 18.8. The maximum absolute atomic E-state index is 12.7. The fourth-order valence-corrected chi connectivity index (χ4v) is 7.75. The van der Waals surface area contributed by atoms with E-state index in [1.54, 1.807) is 29.2 Å². The van der Waals surface area contributed by atoms with Crippen LogP contribution in [0.1, 0.15) is 28.9 Å². The van der Waals surface area contributed by atoms with Crippen LogP contribution in [0.5, 0.6) is 0 Å².